The van der Waals surface area contributed by atoms with Crippen LogP contribution in [0.15, 0.2) is 18.2 Å². The second-order valence-corrected chi connectivity index (χ2v) is 2.80. The monoisotopic (exact) mass is 189 g/mol. The second-order valence-electron chi connectivity index (χ2n) is 2.80. The number of nitriles is 2. The van der Waals surface area contributed by atoms with Gasteiger partial charge in [0.25, 0.3) is 0 Å². The molecule has 0 aliphatic carbocycles. The maximum Gasteiger partial charge on any atom is 0.147 e. The zero-order valence-corrected chi connectivity index (χ0v) is 7.58. The minimum absolute atomic E-state index is 0.234. The maximum atomic E-state index is 13.2. The van der Waals surface area contributed by atoms with Crippen molar-refractivity contribution in [1.29, 1.82) is 10.5 Å². The Bertz CT molecular complexity index is 414. The van der Waals surface area contributed by atoms with Crippen LogP contribution in [0.2, 0.25) is 0 Å². The second kappa shape index (κ2) is 4.25. The van der Waals surface area contributed by atoms with Gasteiger partial charge in [-0.05, 0) is 25.1 Å². The van der Waals surface area contributed by atoms with Crippen molar-refractivity contribution in [3.63, 3.8) is 0 Å². The van der Waals surface area contributed by atoms with E-state index in [0.717, 1.165) is 6.07 Å². The van der Waals surface area contributed by atoms with Crippen LogP contribution in [0.1, 0.15) is 12.5 Å². The van der Waals surface area contributed by atoms with Crippen LogP contribution in [0, 0.1) is 28.5 Å². The molecule has 1 N–H and O–H groups in total. The third kappa shape index (κ3) is 2.21. The highest BCUT2D eigenvalue weighted by molar-refractivity contribution is 5.50. The summed E-state index contributed by atoms with van der Waals surface area (Å²) in [6.45, 7) is 1.62. The fourth-order valence-corrected chi connectivity index (χ4v) is 0.967. The van der Waals surface area contributed by atoms with Crippen molar-refractivity contribution in [2.75, 3.05) is 5.32 Å². The van der Waals surface area contributed by atoms with Gasteiger partial charge in [0.15, 0.2) is 0 Å². The molecule has 0 radical (unpaired) electrons. The highest BCUT2D eigenvalue weighted by Crippen LogP contribution is 2.15. The summed E-state index contributed by atoms with van der Waals surface area (Å²) in [6, 6.07) is 7.37. The summed E-state index contributed by atoms with van der Waals surface area (Å²) in [5.74, 6) is -0.522. The smallest absolute Gasteiger partial charge is 0.147 e. The van der Waals surface area contributed by atoms with Crippen molar-refractivity contribution in [3.05, 3.63) is 29.6 Å². The topological polar surface area (TPSA) is 59.6 Å². The molecule has 0 saturated heterocycles. The Balaban J connectivity index is 2.92. The average Bonchev–Trinajstić information content (AvgIpc) is 2.20. The van der Waals surface area contributed by atoms with Gasteiger partial charge in [0.05, 0.1) is 23.4 Å². The fraction of sp³-hybridized carbons (Fsp3) is 0.200. The maximum absolute atomic E-state index is 13.2. The van der Waals surface area contributed by atoms with Gasteiger partial charge in [-0.3, -0.25) is 0 Å². The Labute approximate surface area is 81.4 Å². The van der Waals surface area contributed by atoms with E-state index in [9.17, 15) is 4.39 Å². The van der Waals surface area contributed by atoms with Crippen LogP contribution >= 0.6 is 0 Å². The molecule has 0 fully saturated rings. The number of anilines is 1. The zero-order chi connectivity index (χ0) is 10.6. The van der Waals surface area contributed by atoms with E-state index < -0.39 is 11.9 Å². The Kier molecular flexibility index (Phi) is 3.04. The Hall–Kier alpha value is -2.07. The summed E-state index contributed by atoms with van der Waals surface area (Å²) in [5, 5.41) is 19.7. The van der Waals surface area contributed by atoms with Crippen LogP contribution < -0.4 is 5.32 Å². The average molecular weight is 189 g/mol. The van der Waals surface area contributed by atoms with Gasteiger partial charge in [0.2, 0.25) is 0 Å². The quantitative estimate of drug-likeness (QED) is 0.774. The molecule has 0 saturated carbocycles. The van der Waals surface area contributed by atoms with E-state index in [2.05, 4.69) is 5.32 Å². The number of halogens is 1. The molecule has 1 aromatic rings. The van der Waals surface area contributed by atoms with Crippen LogP contribution in [-0.2, 0) is 0 Å². The molecule has 4 heteroatoms. The first-order valence-electron chi connectivity index (χ1n) is 4.03. The lowest BCUT2D eigenvalue weighted by Crippen LogP contribution is -2.13. The molecule has 0 aromatic heterocycles. The van der Waals surface area contributed by atoms with Gasteiger partial charge in [-0.25, -0.2) is 4.39 Å². The Morgan fingerprint density at radius 3 is 2.64 bits per heavy atom. The van der Waals surface area contributed by atoms with E-state index in [1.807, 2.05) is 12.1 Å². The standard InChI is InChI=1S/C10H8FN3/c1-7(5-12)14-10-3-2-8(6-13)4-9(10)11/h2-4,7,14H,1H3. The number of hydrogen-bond acceptors (Lipinski definition) is 3. The van der Waals surface area contributed by atoms with Gasteiger partial charge in [0, 0.05) is 0 Å². The molecule has 1 aromatic carbocycles. The lowest BCUT2D eigenvalue weighted by Gasteiger charge is -2.08. The van der Waals surface area contributed by atoms with E-state index in [-0.39, 0.29) is 11.3 Å². The molecule has 3 nitrogen and oxygen atoms in total. The van der Waals surface area contributed by atoms with Gasteiger partial charge in [-0.15, -0.1) is 0 Å². The Morgan fingerprint density at radius 2 is 2.14 bits per heavy atom. The molecule has 0 heterocycles. The number of benzene rings is 1. The molecular formula is C10H8FN3. The fourth-order valence-electron chi connectivity index (χ4n) is 0.967. The highest BCUT2D eigenvalue weighted by atomic mass is 19.1. The zero-order valence-electron chi connectivity index (χ0n) is 7.58. The summed E-state index contributed by atoms with van der Waals surface area (Å²) in [7, 11) is 0. The number of nitrogens with zero attached hydrogens (tertiary/aromatic N) is 2. The van der Waals surface area contributed by atoms with E-state index >= 15 is 0 Å². The largest absolute Gasteiger partial charge is 0.368 e. The summed E-state index contributed by atoms with van der Waals surface area (Å²) in [6.07, 6.45) is 0. The van der Waals surface area contributed by atoms with Crippen LogP contribution in [0.5, 0.6) is 0 Å². The van der Waals surface area contributed by atoms with Gasteiger partial charge in [-0.1, -0.05) is 0 Å². The molecule has 1 unspecified atom stereocenters. The molecular weight excluding hydrogens is 181 g/mol. The molecule has 0 aliphatic rings. The van der Waals surface area contributed by atoms with Crippen molar-refractivity contribution in [1.82, 2.24) is 0 Å². The lowest BCUT2D eigenvalue weighted by molar-refractivity contribution is 0.629. The third-order valence-electron chi connectivity index (χ3n) is 1.66. The molecule has 70 valence electrons. The molecule has 0 amide bonds. The van der Waals surface area contributed by atoms with E-state index in [0.29, 0.717) is 0 Å². The first kappa shape index (κ1) is 10.0. The van der Waals surface area contributed by atoms with Gasteiger partial charge < -0.3 is 5.32 Å². The normalized spacial score (nSPS) is 11.1. The van der Waals surface area contributed by atoms with E-state index in [1.165, 1.54) is 12.1 Å². The lowest BCUT2D eigenvalue weighted by atomic mass is 10.2. The molecule has 0 bridgehead atoms. The van der Waals surface area contributed by atoms with Crippen molar-refractivity contribution in [2.24, 2.45) is 0 Å². The predicted molar refractivity (Wildman–Crippen MR) is 49.8 cm³/mol. The number of nitrogens with one attached hydrogen (secondary N) is 1. The van der Waals surface area contributed by atoms with Crippen molar-refractivity contribution in [2.45, 2.75) is 13.0 Å². The van der Waals surface area contributed by atoms with Crippen LogP contribution in [-0.4, -0.2) is 6.04 Å². The Morgan fingerprint density at radius 1 is 1.43 bits per heavy atom. The SMILES string of the molecule is CC(C#N)Nc1ccc(C#N)cc1F. The van der Waals surface area contributed by atoms with Gasteiger partial charge >= 0.3 is 0 Å². The van der Waals surface area contributed by atoms with Gasteiger partial charge in [-0.2, -0.15) is 10.5 Å². The van der Waals surface area contributed by atoms with Gasteiger partial charge in [0.1, 0.15) is 11.9 Å². The predicted octanol–water partition coefficient (Wildman–Crippen LogP) is 2.02. The van der Waals surface area contributed by atoms with Crippen molar-refractivity contribution >= 4 is 5.69 Å². The summed E-state index contributed by atoms with van der Waals surface area (Å²) >= 11 is 0. The molecule has 1 rings (SSSR count). The molecule has 0 aliphatic heterocycles. The molecule has 0 spiro atoms. The number of rotatable bonds is 2. The minimum Gasteiger partial charge on any atom is -0.368 e. The summed E-state index contributed by atoms with van der Waals surface area (Å²) in [5.41, 5.74) is 0.496. The number of hydrogen-bond donors (Lipinski definition) is 1. The first-order valence-corrected chi connectivity index (χ1v) is 4.03. The highest BCUT2D eigenvalue weighted by Gasteiger charge is 2.05. The summed E-state index contributed by atoms with van der Waals surface area (Å²) < 4.78 is 13.2. The van der Waals surface area contributed by atoms with E-state index in [4.69, 9.17) is 10.5 Å². The van der Waals surface area contributed by atoms with Crippen molar-refractivity contribution in [3.8, 4) is 12.1 Å². The summed E-state index contributed by atoms with van der Waals surface area (Å²) in [4.78, 5) is 0. The molecule has 1 atom stereocenters. The van der Waals surface area contributed by atoms with Crippen LogP contribution in [0.25, 0.3) is 0 Å². The minimum atomic E-state index is -0.522. The third-order valence-corrected chi connectivity index (χ3v) is 1.66. The van der Waals surface area contributed by atoms with Crippen LogP contribution in [0.4, 0.5) is 10.1 Å². The van der Waals surface area contributed by atoms with Crippen molar-refractivity contribution < 1.29 is 4.39 Å². The van der Waals surface area contributed by atoms with E-state index in [1.54, 1.807) is 6.92 Å². The molecule has 14 heavy (non-hydrogen) atoms. The first-order chi connectivity index (χ1) is 6.67. The van der Waals surface area contributed by atoms with Crippen LogP contribution in [0.3, 0.4) is 0 Å².